The first-order chi connectivity index (χ1) is 14.0. The topological polar surface area (TPSA) is 53.4 Å². The molecule has 0 radical (unpaired) electrons. The van der Waals surface area contributed by atoms with Gasteiger partial charge in [-0.1, -0.05) is 13.3 Å². The van der Waals surface area contributed by atoms with Crippen molar-refractivity contribution < 1.29 is 31.4 Å². The van der Waals surface area contributed by atoms with Crippen molar-refractivity contribution in [3.8, 4) is 22.9 Å². The Hall–Kier alpha value is -2.65. The van der Waals surface area contributed by atoms with Crippen LogP contribution in [-0.2, 0) is 13.5 Å². The van der Waals surface area contributed by atoms with E-state index >= 15 is 0 Å². The minimum absolute atomic E-state index is 0.182. The van der Waals surface area contributed by atoms with Gasteiger partial charge in [0.05, 0.1) is 24.1 Å². The smallest absolute Gasteiger partial charge is 0.456 e. The number of ether oxygens (including phenoxy) is 2. The molecular formula is C20H23F5N2O3. The summed E-state index contributed by atoms with van der Waals surface area (Å²) in [5.74, 6) is -4.89. The van der Waals surface area contributed by atoms with Gasteiger partial charge < -0.3 is 9.47 Å². The normalized spacial score (nSPS) is 12.1. The van der Waals surface area contributed by atoms with Gasteiger partial charge >= 0.3 is 12.1 Å². The standard InChI is InChI=1S/C20H23F5N2O3/c1-4-6-7-13-10-14(29-5-2)11-26-17(13)15-8-9-16(27(3)18(15)28)30-12-19(21,22)20(23,24)25/h8-11H,4-7,12H2,1-3H3. The maximum absolute atomic E-state index is 13.1. The highest BCUT2D eigenvalue weighted by Gasteiger charge is 2.58. The highest BCUT2D eigenvalue weighted by molar-refractivity contribution is 5.63. The summed E-state index contributed by atoms with van der Waals surface area (Å²) in [5, 5.41) is 0. The van der Waals surface area contributed by atoms with Crippen molar-refractivity contribution in [2.45, 2.75) is 45.2 Å². The maximum atomic E-state index is 13.1. The van der Waals surface area contributed by atoms with Crippen LogP contribution in [0, 0.1) is 0 Å². The van der Waals surface area contributed by atoms with Gasteiger partial charge in [-0.05, 0) is 43.5 Å². The molecule has 0 N–H and O–H groups in total. The molecule has 0 aliphatic rings. The van der Waals surface area contributed by atoms with E-state index < -0.39 is 30.1 Å². The summed E-state index contributed by atoms with van der Waals surface area (Å²) in [6, 6.07) is 4.27. The molecule has 0 atom stereocenters. The summed E-state index contributed by atoms with van der Waals surface area (Å²) in [5.41, 5.74) is 0.732. The van der Waals surface area contributed by atoms with E-state index in [0.717, 1.165) is 23.0 Å². The second-order valence-electron chi connectivity index (χ2n) is 6.66. The van der Waals surface area contributed by atoms with Crippen LogP contribution < -0.4 is 15.0 Å². The summed E-state index contributed by atoms with van der Waals surface area (Å²) in [7, 11) is 1.23. The minimum atomic E-state index is -5.74. The quantitative estimate of drug-likeness (QED) is 0.534. The van der Waals surface area contributed by atoms with Gasteiger partial charge in [0.2, 0.25) is 0 Å². The second-order valence-corrected chi connectivity index (χ2v) is 6.66. The second kappa shape index (κ2) is 9.44. The Bertz CT molecular complexity index is 926. The molecule has 5 nitrogen and oxygen atoms in total. The van der Waals surface area contributed by atoms with E-state index in [2.05, 4.69) is 9.72 Å². The number of hydrogen-bond acceptors (Lipinski definition) is 4. The molecule has 0 bridgehead atoms. The number of rotatable bonds is 9. The largest absolute Gasteiger partial charge is 0.492 e. The van der Waals surface area contributed by atoms with E-state index in [1.54, 1.807) is 6.07 Å². The first kappa shape index (κ1) is 23.6. The van der Waals surface area contributed by atoms with Gasteiger partial charge in [-0.25, -0.2) is 0 Å². The maximum Gasteiger partial charge on any atom is 0.456 e. The first-order valence-corrected chi connectivity index (χ1v) is 9.41. The minimum Gasteiger partial charge on any atom is -0.492 e. The van der Waals surface area contributed by atoms with Crippen LogP contribution in [0.4, 0.5) is 22.0 Å². The SMILES string of the molecule is CCCCc1cc(OCC)cnc1-c1ccc(OCC(F)(F)C(F)(F)F)n(C)c1=O. The van der Waals surface area contributed by atoms with Gasteiger partial charge in [-0.15, -0.1) is 0 Å². The molecule has 0 aromatic carbocycles. The van der Waals surface area contributed by atoms with Crippen LogP contribution in [0.25, 0.3) is 11.3 Å². The molecule has 2 aromatic rings. The molecule has 166 valence electrons. The number of aryl methyl sites for hydroxylation is 1. The average molecular weight is 434 g/mol. The molecule has 0 aliphatic heterocycles. The summed E-state index contributed by atoms with van der Waals surface area (Å²) in [6.07, 6.45) is -1.87. The Balaban J connectivity index is 2.38. The van der Waals surface area contributed by atoms with Crippen LogP contribution in [0.3, 0.4) is 0 Å². The summed E-state index contributed by atoms with van der Waals surface area (Å²) >= 11 is 0. The molecule has 2 aromatic heterocycles. The zero-order valence-electron chi connectivity index (χ0n) is 16.9. The Morgan fingerprint density at radius 2 is 1.80 bits per heavy atom. The molecule has 2 heterocycles. The highest BCUT2D eigenvalue weighted by atomic mass is 19.4. The molecule has 0 saturated carbocycles. The lowest BCUT2D eigenvalue weighted by Crippen LogP contribution is -2.42. The molecule has 2 rings (SSSR count). The van der Waals surface area contributed by atoms with Gasteiger partial charge in [-0.3, -0.25) is 14.3 Å². The number of pyridine rings is 2. The van der Waals surface area contributed by atoms with E-state index in [4.69, 9.17) is 4.74 Å². The van der Waals surface area contributed by atoms with Crippen LogP contribution in [0.1, 0.15) is 32.3 Å². The van der Waals surface area contributed by atoms with Crippen LogP contribution >= 0.6 is 0 Å². The highest BCUT2D eigenvalue weighted by Crippen LogP contribution is 2.35. The predicted octanol–water partition coefficient (Wildman–Crippen LogP) is 4.77. The van der Waals surface area contributed by atoms with Crippen molar-refractivity contribution in [3.05, 3.63) is 40.3 Å². The lowest BCUT2D eigenvalue weighted by atomic mass is 10.0. The first-order valence-electron chi connectivity index (χ1n) is 9.41. The monoisotopic (exact) mass is 434 g/mol. The molecule has 0 amide bonds. The van der Waals surface area contributed by atoms with E-state index in [-0.39, 0.29) is 5.56 Å². The van der Waals surface area contributed by atoms with Crippen molar-refractivity contribution in [1.82, 2.24) is 9.55 Å². The van der Waals surface area contributed by atoms with Gasteiger partial charge in [0.15, 0.2) is 12.5 Å². The van der Waals surface area contributed by atoms with Crippen molar-refractivity contribution in [3.63, 3.8) is 0 Å². The molecule has 0 fully saturated rings. The van der Waals surface area contributed by atoms with Crippen LogP contribution in [0.15, 0.2) is 29.2 Å². The van der Waals surface area contributed by atoms with Crippen LogP contribution in [0.2, 0.25) is 0 Å². The Kier molecular flexibility index (Phi) is 7.44. The van der Waals surface area contributed by atoms with Gasteiger partial charge in [0.25, 0.3) is 5.56 Å². The fraction of sp³-hybridized carbons (Fsp3) is 0.500. The number of hydrogen-bond donors (Lipinski definition) is 0. The molecule has 10 heteroatoms. The van der Waals surface area contributed by atoms with E-state index in [9.17, 15) is 26.7 Å². The van der Waals surface area contributed by atoms with Crippen molar-refractivity contribution in [2.75, 3.05) is 13.2 Å². The fourth-order valence-electron chi connectivity index (χ4n) is 2.72. The average Bonchev–Trinajstić information content (AvgIpc) is 2.67. The fourth-order valence-corrected chi connectivity index (χ4v) is 2.72. The Labute approximate surface area is 170 Å². The number of unbranched alkanes of at least 4 members (excludes halogenated alkanes) is 1. The molecule has 30 heavy (non-hydrogen) atoms. The molecule has 0 saturated heterocycles. The number of nitrogens with zero attached hydrogens (tertiary/aromatic N) is 2. The van der Waals surface area contributed by atoms with E-state index in [0.29, 0.717) is 24.5 Å². The number of halogens is 5. The summed E-state index contributed by atoms with van der Waals surface area (Å²) < 4.78 is 74.1. The van der Waals surface area contributed by atoms with Gasteiger partial charge in [-0.2, -0.15) is 22.0 Å². The van der Waals surface area contributed by atoms with Crippen molar-refractivity contribution in [1.29, 1.82) is 0 Å². The van der Waals surface area contributed by atoms with Gasteiger partial charge in [0.1, 0.15) is 5.75 Å². The third-order valence-electron chi connectivity index (χ3n) is 4.38. The molecule has 0 spiro atoms. The molecule has 0 aliphatic carbocycles. The number of alkyl halides is 5. The zero-order chi connectivity index (χ0) is 22.5. The van der Waals surface area contributed by atoms with Crippen molar-refractivity contribution in [2.24, 2.45) is 7.05 Å². The van der Waals surface area contributed by atoms with Crippen LogP contribution in [0.5, 0.6) is 11.6 Å². The molecule has 0 unspecified atom stereocenters. The number of aromatic nitrogens is 2. The zero-order valence-corrected chi connectivity index (χ0v) is 16.9. The van der Waals surface area contributed by atoms with Gasteiger partial charge in [0, 0.05) is 7.05 Å². The lowest BCUT2D eigenvalue weighted by Gasteiger charge is -2.20. The third-order valence-corrected chi connectivity index (χ3v) is 4.38. The predicted molar refractivity (Wildman–Crippen MR) is 101 cm³/mol. The lowest BCUT2D eigenvalue weighted by molar-refractivity contribution is -0.290. The summed E-state index contributed by atoms with van der Waals surface area (Å²) in [4.78, 5) is 17.1. The van der Waals surface area contributed by atoms with Crippen LogP contribution in [-0.4, -0.2) is 34.9 Å². The third kappa shape index (κ3) is 5.28. The van der Waals surface area contributed by atoms with Crippen molar-refractivity contribution >= 4 is 0 Å². The van der Waals surface area contributed by atoms with E-state index in [1.807, 2.05) is 13.8 Å². The van der Waals surface area contributed by atoms with E-state index in [1.165, 1.54) is 25.4 Å². The Morgan fingerprint density at radius 3 is 2.40 bits per heavy atom. The summed E-state index contributed by atoms with van der Waals surface area (Å²) in [6.45, 7) is 2.37. The Morgan fingerprint density at radius 1 is 1.10 bits per heavy atom. The molecular weight excluding hydrogens is 411 g/mol.